The zero-order valence-corrected chi connectivity index (χ0v) is 18.8. The summed E-state index contributed by atoms with van der Waals surface area (Å²) in [7, 11) is 2.15. The highest BCUT2D eigenvalue weighted by Gasteiger charge is 2.20. The van der Waals surface area contributed by atoms with Crippen molar-refractivity contribution in [1.82, 2.24) is 29.2 Å². The number of likely N-dealkylation sites (N-methyl/N-ethyl adjacent to an activating group) is 1. The van der Waals surface area contributed by atoms with Crippen LogP contribution in [-0.2, 0) is 0 Å². The van der Waals surface area contributed by atoms with Crippen LogP contribution in [0.3, 0.4) is 0 Å². The fraction of sp³-hybridized carbons (Fsp3) is 0.333. The SMILES string of the molecule is CN1CCN(c2nccn3c(-c4ccnc(NC(CCN)c5ccccc5)n4)cnc23)CC1. The Morgan fingerprint density at radius 1 is 1.00 bits per heavy atom. The molecule has 0 saturated carbocycles. The van der Waals surface area contributed by atoms with Gasteiger partial charge < -0.3 is 20.9 Å². The average molecular weight is 444 g/mol. The van der Waals surface area contributed by atoms with Gasteiger partial charge in [-0.2, -0.15) is 0 Å². The minimum Gasteiger partial charge on any atom is -0.351 e. The normalized spacial score (nSPS) is 15.6. The van der Waals surface area contributed by atoms with E-state index in [1.807, 2.05) is 42.9 Å². The maximum absolute atomic E-state index is 5.87. The van der Waals surface area contributed by atoms with E-state index in [-0.39, 0.29) is 6.04 Å². The number of fused-ring (bicyclic) bond motifs is 1. The predicted molar refractivity (Wildman–Crippen MR) is 130 cm³/mol. The highest BCUT2D eigenvalue weighted by atomic mass is 15.3. The molecule has 9 nitrogen and oxygen atoms in total. The third kappa shape index (κ3) is 4.50. The summed E-state index contributed by atoms with van der Waals surface area (Å²) in [5.74, 6) is 1.48. The minimum atomic E-state index is 0.0432. The van der Waals surface area contributed by atoms with Crippen LogP contribution in [0.2, 0.25) is 0 Å². The fourth-order valence-corrected chi connectivity index (χ4v) is 4.24. The zero-order valence-electron chi connectivity index (χ0n) is 18.8. The smallest absolute Gasteiger partial charge is 0.223 e. The average Bonchev–Trinajstić information content (AvgIpc) is 3.30. The second-order valence-corrected chi connectivity index (χ2v) is 8.33. The molecule has 9 heteroatoms. The quantitative estimate of drug-likeness (QED) is 0.449. The zero-order chi connectivity index (χ0) is 22.6. The first-order valence-electron chi connectivity index (χ1n) is 11.3. The van der Waals surface area contributed by atoms with E-state index in [4.69, 9.17) is 15.7 Å². The van der Waals surface area contributed by atoms with Gasteiger partial charge in [0, 0.05) is 44.8 Å². The van der Waals surface area contributed by atoms with Gasteiger partial charge in [0.25, 0.3) is 0 Å². The van der Waals surface area contributed by atoms with Crippen molar-refractivity contribution < 1.29 is 0 Å². The molecule has 4 heterocycles. The van der Waals surface area contributed by atoms with Crippen molar-refractivity contribution in [1.29, 1.82) is 0 Å². The molecule has 1 aliphatic rings. The Kier molecular flexibility index (Phi) is 6.14. The van der Waals surface area contributed by atoms with E-state index < -0.39 is 0 Å². The van der Waals surface area contributed by atoms with Crippen molar-refractivity contribution in [3.63, 3.8) is 0 Å². The molecular weight excluding hydrogens is 414 g/mol. The summed E-state index contributed by atoms with van der Waals surface area (Å²) < 4.78 is 2.06. The van der Waals surface area contributed by atoms with Gasteiger partial charge in [-0.05, 0) is 31.6 Å². The van der Waals surface area contributed by atoms with Crippen LogP contribution in [0.4, 0.5) is 11.8 Å². The summed E-state index contributed by atoms with van der Waals surface area (Å²) in [5.41, 5.74) is 9.58. The van der Waals surface area contributed by atoms with Gasteiger partial charge in [-0.15, -0.1) is 0 Å². The monoisotopic (exact) mass is 443 g/mol. The third-order valence-electron chi connectivity index (χ3n) is 6.09. The van der Waals surface area contributed by atoms with E-state index in [1.165, 1.54) is 0 Å². The van der Waals surface area contributed by atoms with Gasteiger partial charge in [0.15, 0.2) is 11.5 Å². The van der Waals surface area contributed by atoms with E-state index in [1.54, 1.807) is 6.20 Å². The molecule has 3 aromatic heterocycles. The van der Waals surface area contributed by atoms with Gasteiger partial charge in [-0.25, -0.2) is 19.9 Å². The summed E-state index contributed by atoms with van der Waals surface area (Å²) >= 11 is 0. The number of hydrogen-bond donors (Lipinski definition) is 2. The summed E-state index contributed by atoms with van der Waals surface area (Å²) in [4.78, 5) is 23.2. The van der Waals surface area contributed by atoms with Crippen molar-refractivity contribution in [2.24, 2.45) is 5.73 Å². The highest BCUT2D eigenvalue weighted by Crippen LogP contribution is 2.26. The van der Waals surface area contributed by atoms with Gasteiger partial charge in [0.1, 0.15) is 0 Å². The van der Waals surface area contributed by atoms with Crippen molar-refractivity contribution in [2.45, 2.75) is 12.5 Å². The molecule has 3 N–H and O–H groups in total. The largest absolute Gasteiger partial charge is 0.351 e. The molecule has 33 heavy (non-hydrogen) atoms. The van der Waals surface area contributed by atoms with Crippen LogP contribution in [-0.4, -0.2) is 69.0 Å². The number of nitrogens with one attached hydrogen (secondary N) is 1. The van der Waals surface area contributed by atoms with Crippen LogP contribution < -0.4 is 16.0 Å². The van der Waals surface area contributed by atoms with Crippen LogP contribution in [0, 0.1) is 0 Å². The summed E-state index contributed by atoms with van der Waals surface area (Å²) in [6.45, 7) is 4.48. The maximum Gasteiger partial charge on any atom is 0.223 e. The Balaban J connectivity index is 1.44. The number of aromatic nitrogens is 5. The standard InChI is InChI=1S/C24H29N9/c1-31-13-15-32(16-14-31)22-23-28-17-21(33(23)12-11-26-22)20-8-10-27-24(30-20)29-19(7-9-25)18-5-3-2-4-6-18/h2-6,8,10-12,17,19H,7,9,13-16,25H2,1H3,(H,27,29,30). The van der Waals surface area contributed by atoms with Crippen LogP contribution in [0.1, 0.15) is 18.0 Å². The lowest BCUT2D eigenvalue weighted by Gasteiger charge is -2.33. The Morgan fingerprint density at radius 3 is 2.61 bits per heavy atom. The molecule has 1 atom stereocenters. The second kappa shape index (κ2) is 9.51. The maximum atomic E-state index is 5.87. The first kappa shape index (κ1) is 21.3. The molecule has 1 aliphatic heterocycles. The number of piperazine rings is 1. The summed E-state index contributed by atoms with van der Waals surface area (Å²) in [6, 6.07) is 12.2. The Morgan fingerprint density at radius 2 is 1.82 bits per heavy atom. The molecule has 4 aromatic rings. The van der Waals surface area contributed by atoms with Crippen molar-refractivity contribution in [2.75, 3.05) is 50.0 Å². The Bertz CT molecular complexity index is 1200. The van der Waals surface area contributed by atoms with E-state index in [2.05, 4.69) is 48.7 Å². The molecule has 1 unspecified atom stereocenters. The highest BCUT2D eigenvalue weighted by molar-refractivity contribution is 5.70. The fourth-order valence-electron chi connectivity index (χ4n) is 4.24. The lowest BCUT2D eigenvalue weighted by Crippen LogP contribution is -2.45. The van der Waals surface area contributed by atoms with Crippen molar-refractivity contribution >= 4 is 17.4 Å². The minimum absolute atomic E-state index is 0.0432. The first-order valence-corrected chi connectivity index (χ1v) is 11.3. The molecule has 5 rings (SSSR count). The van der Waals surface area contributed by atoms with Gasteiger partial charge in [0.2, 0.25) is 5.95 Å². The second-order valence-electron chi connectivity index (χ2n) is 8.33. The van der Waals surface area contributed by atoms with Crippen LogP contribution in [0.15, 0.2) is 61.2 Å². The number of anilines is 2. The van der Waals surface area contributed by atoms with E-state index in [0.717, 1.165) is 61.0 Å². The van der Waals surface area contributed by atoms with Crippen LogP contribution in [0.5, 0.6) is 0 Å². The third-order valence-corrected chi connectivity index (χ3v) is 6.09. The van der Waals surface area contributed by atoms with E-state index in [9.17, 15) is 0 Å². The van der Waals surface area contributed by atoms with Crippen molar-refractivity contribution in [3.8, 4) is 11.4 Å². The van der Waals surface area contributed by atoms with Crippen LogP contribution in [0.25, 0.3) is 17.0 Å². The lowest BCUT2D eigenvalue weighted by atomic mass is 10.0. The number of imidazole rings is 1. The number of nitrogens with two attached hydrogens (primary N) is 1. The molecule has 1 saturated heterocycles. The molecular formula is C24H29N9. The molecule has 0 amide bonds. The Labute approximate surface area is 193 Å². The Hall–Kier alpha value is -3.56. The van der Waals surface area contributed by atoms with E-state index in [0.29, 0.717) is 12.5 Å². The van der Waals surface area contributed by atoms with Crippen molar-refractivity contribution in [3.05, 3.63) is 66.7 Å². The molecule has 170 valence electrons. The first-order chi connectivity index (χ1) is 16.2. The molecule has 1 aromatic carbocycles. The molecule has 0 bridgehead atoms. The topological polar surface area (TPSA) is 100 Å². The number of nitrogens with zero attached hydrogens (tertiary/aromatic N) is 7. The molecule has 0 aliphatic carbocycles. The molecule has 0 radical (unpaired) electrons. The van der Waals surface area contributed by atoms with Gasteiger partial charge >= 0.3 is 0 Å². The molecule has 0 spiro atoms. The van der Waals surface area contributed by atoms with Gasteiger partial charge in [-0.1, -0.05) is 30.3 Å². The van der Waals surface area contributed by atoms with Gasteiger partial charge in [0.05, 0.1) is 23.6 Å². The summed E-state index contributed by atoms with van der Waals surface area (Å²) in [6.07, 6.45) is 8.19. The summed E-state index contributed by atoms with van der Waals surface area (Å²) in [5, 5.41) is 3.46. The van der Waals surface area contributed by atoms with Gasteiger partial charge in [-0.3, -0.25) is 4.40 Å². The van der Waals surface area contributed by atoms with Crippen LogP contribution >= 0.6 is 0 Å². The van der Waals surface area contributed by atoms with E-state index >= 15 is 0 Å². The lowest BCUT2D eigenvalue weighted by molar-refractivity contribution is 0.312. The molecule has 1 fully saturated rings. The number of hydrogen-bond acceptors (Lipinski definition) is 8. The number of rotatable bonds is 7. The number of benzene rings is 1. The predicted octanol–water partition coefficient (Wildman–Crippen LogP) is 2.44.